The van der Waals surface area contributed by atoms with E-state index in [0.29, 0.717) is 29.0 Å². The van der Waals surface area contributed by atoms with Crippen LogP contribution in [0.3, 0.4) is 0 Å². The van der Waals surface area contributed by atoms with Gasteiger partial charge in [0.15, 0.2) is 12.0 Å². The number of imidazole rings is 1. The van der Waals surface area contributed by atoms with E-state index in [1.54, 1.807) is 24.3 Å². The van der Waals surface area contributed by atoms with Crippen molar-refractivity contribution < 1.29 is 18.2 Å². The largest absolute Gasteiger partial charge is 0.364 e. The highest BCUT2D eigenvalue weighted by Crippen LogP contribution is 2.26. The topological polar surface area (TPSA) is 113 Å². The molecule has 3 heterocycles. The maximum Gasteiger partial charge on any atom is 0.170 e. The molecule has 0 spiro atoms. The summed E-state index contributed by atoms with van der Waals surface area (Å²) < 4.78 is 25.9. The lowest BCUT2D eigenvalue weighted by atomic mass is 10.1. The minimum atomic E-state index is -0.633. The number of nitrogens with zero attached hydrogens (tertiary/aromatic N) is 4. The van der Waals surface area contributed by atoms with Gasteiger partial charge in [0.05, 0.1) is 5.69 Å². The second-order valence-corrected chi connectivity index (χ2v) is 5.51. The van der Waals surface area contributed by atoms with E-state index in [-0.39, 0.29) is 11.4 Å². The fraction of sp³-hybridized carbons (Fsp3) is 0.0588. The van der Waals surface area contributed by atoms with E-state index < -0.39 is 11.9 Å². The average molecular weight is 353 g/mol. The summed E-state index contributed by atoms with van der Waals surface area (Å²) in [7, 11) is 0. The molecule has 0 aliphatic carbocycles. The highest BCUT2D eigenvalue weighted by atomic mass is 19.1. The van der Waals surface area contributed by atoms with Gasteiger partial charge in [-0.1, -0.05) is 16.4 Å². The van der Waals surface area contributed by atoms with E-state index in [1.807, 2.05) is 0 Å². The molecule has 0 amide bonds. The molecule has 0 fully saturated rings. The summed E-state index contributed by atoms with van der Waals surface area (Å²) in [5.41, 5.74) is 7.96. The molecule has 0 radical (unpaired) electrons. The first-order chi connectivity index (χ1) is 12.7. The maximum absolute atomic E-state index is 14.5. The lowest BCUT2D eigenvalue weighted by Gasteiger charge is -2.05. The van der Waals surface area contributed by atoms with Gasteiger partial charge in [-0.25, -0.2) is 9.37 Å². The Bertz CT molecular complexity index is 1050. The van der Waals surface area contributed by atoms with Gasteiger partial charge in [0.1, 0.15) is 41.5 Å². The van der Waals surface area contributed by atoms with Gasteiger partial charge in [-0.05, 0) is 12.1 Å². The molecule has 4 rings (SSSR count). The van der Waals surface area contributed by atoms with Crippen molar-refractivity contribution in [2.45, 2.75) is 6.04 Å². The predicted octanol–water partition coefficient (Wildman–Crippen LogP) is 2.52. The van der Waals surface area contributed by atoms with Crippen molar-refractivity contribution >= 4 is 6.29 Å². The number of carbonyl (C=O) groups excluding carboxylic acids is 1. The first kappa shape index (κ1) is 15.9. The summed E-state index contributed by atoms with van der Waals surface area (Å²) in [5, 5.41) is 7.69. The second-order valence-electron chi connectivity index (χ2n) is 5.51. The molecule has 0 aliphatic heterocycles. The Morgan fingerprint density at radius 1 is 1.23 bits per heavy atom. The lowest BCUT2D eigenvalue weighted by molar-refractivity contribution is 0.111. The van der Waals surface area contributed by atoms with E-state index >= 15 is 0 Å². The fourth-order valence-electron chi connectivity index (χ4n) is 2.51. The number of aromatic nitrogens is 4. The van der Waals surface area contributed by atoms with Gasteiger partial charge in [-0.15, -0.1) is 0 Å². The third-order valence-corrected chi connectivity index (χ3v) is 3.86. The molecule has 0 saturated carbocycles. The van der Waals surface area contributed by atoms with Crippen molar-refractivity contribution in [3.8, 4) is 16.9 Å². The van der Waals surface area contributed by atoms with E-state index in [9.17, 15) is 9.18 Å². The smallest absolute Gasteiger partial charge is 0.170 e. The van der Waals surface area contributed by atoms with Gasteiger partial charge >= 0.3 is 0 Å². The molecule has 2 N–H and O–H groups in total. The molecule has 26 heavy (non-hydrogen) atoms. The number of aldehydes is 1. The number of nitrogens with two attached hydrogens (primary N) is 1. The molecular weight excluding hydrogens is 341 g/mol. The Balaban J connectivity index is 1.63. The Kier molecular flexibility index (Phi) is 3.90. The monoisotopic (exact) mass is 353 g/mol. The number of hydrogen-bond acceptors (Lipinski definition) is 7. The van der Waals surface area contributed by atoms with E-state index in [4.69, 9.17) is 14.8 Å². The van der Waals surface area contributed by atoms with Crippen molar-refractivity contribution in [2.75, 3.05) is 0 Å². The van der Waals surface area contributed by atoms with Crippen molar-refractivity contribution in [1.82, 2.24) is 19.9 Å². The highest BCUT2D eigenvalue weighted by molar-refractivity contribution is 5.71. The molecule has 1 aromatic carbocycles. The third-order valence-electron chi connectivity index (χ3n) is 3.86. The zero-order chi connectivity index (χ0) is 18.1. The van der Waals surface area contributed by atoms with Crippen molar-refractivity contribution in [1.29, 1.82) is 0 Å². The number of rotatable bonds is 5. The van der Waals surface area contributed by atoms with Gasteiger partial charge < -0.3 is 19.3 Å². The van der Waals surface area contributed by atoms with Crippen LogP contribution in [0.4, 0.5) is 4.39 Å². The van der Waals surface area contributed by atoms with Crippen molar-refractivity contribution in [3.63, 3.8) is 0 Å². The number of halogens is 1. The van der Waals surface area contributed by atoms with Gasteiger partial charge in [-0.3, -0.25) is 4.79 Å². The summed E-state index contributed by atoms with van der Waals surface area (Å²) in [4.78, 5) is 14.6. The summed E-state index contributed by atoms with van der Waals surface area (Å²) in [5.74, 6) is -0.119. The lowest BCUT2D eigenvalue weighted by Crippen LogP contribution is -2.11. The summed E-state index contributed by atoms with van der Waals surface area (Å²) in [6, 6.07) is 7.18. The van der Waals surface area contributed by atoms with Crippen LogP contribution in [0, 0.1) is 5.82 Å². The molecular formula is C17H12FN5O3. The van der Waals surface area contributed by atoms with Crippen LogP contribution in [0.5, 0.6) is 0 Å². The summed E-state index contributed by atoms with van der Waals surface area (Å²) in [6.45, 7) is 0. The first-order valence-corrected chi connectivity index (χ1v) is 7.57. The molecule has 130 valence electrons. The van der Waals surface area contributed by atoms with Crippen LogP contribution in [0.15, 0.2) is 58.2 Å². The normalized spacial score (nSPS) is 12.2. The van der Waals surface area contributed by atoms with Gasteiger partial charge in [0.25, 0.3) is 0 Å². The Hall–Kier alpha value is -3.59. The molecule has 0 bridgehead atoms. The van der Waals surface area contributed by atoms with E-state index in [1.165, 1.54) is 29.4 Å². The van der Waals surface area contributed by atoms with Crippen molar-refractivity contribution in [2.24, 2.45) is 5.73 Å². The predicted molar refractivity (Wildman–Crippen MR) is 86.9 cm³/mol. The second kappa shape index (κ2) is 6.37. The van der Waals surface area contributed by atoms with Gasteiger partial charge in [0, 0.05) is 23.9 Å². The van der Waals surface area contributed by atoms with Crippen LogP contribution < -0.4 is 5.73 Å². The molecule has 8 nitrogen and oxygen atoms in total. The number of hydrogen-bond donors (Lipinski definition) is 1. The SMILES string of the molecule is NC(c1ccon1)c1cc(-c2ccc(-n3cnc(C=O)c3)c(F)c2)no1. The average Bonchev–Trinajstić information content (AvgIpc) is 3.42. The molecule has 9 heteroatoms. The first-order valence-electron chi connectivity index (χ1n) is 7.57. The molecule has 0 saturated heterocycles. The van der Waals surface area contributed by atoms with Crippen LogP contribution in [-0.4, -0.2) is 26.2 Å². The van der Waals surface area contributed by atoms with Crippen LogP contribution >= 0.6 is 0 Å². The quantitative estimate of drug-likeness (QED) is 0.548. The molecule has 3 aromatic heterocycles. The standard InChI is InChI=1S/C17H12FN5O3/c18-12-5-10(1-2-15(12)23-7-11(8-24)20-9-23)14-6-16(26-22-14)17(19)13-3-4-25-21-13/h1-9,17H,19H2. The van der Waals surface area contributed by atoms with Gasteiger partial charge in [0.2, 0.25) is 0 Å². The highest BCUT2D eigenvalue weighted by Gasteiger charge is 2.18. The molecule has 1 unspecified atom stereocenters. The minimum Gasteiger partial charge on any atom is -0.364 e. The minimum absolute atomic E-state index is 0.219. The Morgan fingerprint density at radius 3 is 2.81 bits per heavy atom. The van der Waals surface area contributed by atoms with Crippen molar-refractivity contribution in [3.05, 3.63) is 72.1 Å². The Morgan fingerprint density at radius 2 is 2.12 bits per heavy atom. The van der Waals surface area contributed by atoms with Crippen LogP contribution in [-0.2, 0) is 0 Å². The molecule has 1 atom stereocenters. The van der Waals surface area contributed by atoms with Crippen LogP contribution in [0.2, 0.25) is 0 Å². The van der Waals surface area contributed by atoms with Crippen LogP contribution in [0.25, 0.3) is 16.9 Å². The van der Waals surface area contributed by atoms with E-state index in [2.05, 4.69) is 15.3 Å². The summed E-state index contributed by atoms with van der Waals surface area (Å²) in [6.07, 6.45) is 4.81. The number of benzene rings is 1. The zero-order valence-electron chi connectivity index (χ0n) is 13.2. The maximum atomic E-state index is 14.5. The Labute approximate surface area is 146 Å². The fourth-order valence-corrected chi connectivity index (χ4v) is 2.51. The van der Waals surface area contributed by atoms with E-state index in [0.717, 1.165) is 0 Å². The van der Waals surface area contributed by atoms with Gasteiger partial charge in [-0.2, -0.15) is 0 Å². The third kappa shape index (κ3) is 2.80. The van der Waals surface area contributed by atoms with Crippen LogP contribution in [0.1, 0.15) is 28.0 Å². The zero-order valence-corrected chi connectivity index (χ0v) is 13.2. The number of carbonyl (C=O) groups is 1. The molecule has 0 aliphatic rings. The molecule has 4 aromatic rings. The summed E-state index contributed by atoms with van der Waals surface area (Å²) >= 11 is 0.